The molecule has 21 heavy (non-hydrogen) atoms. The molecule has 1 N–H and O–H groups in total. The summed E-state index contributed by atoms with van der Waals surface area (Å²) in [5.74, 6) is 0.335. The zero-order valence-corrected chi connectivity index (χ0v) is 12.6. The zero-order chi connectivity index (χ0) is 14.9. The van der Waals surface area contributed by atoms with E-state index in [0.717, 1.165) is 38.9 Å². The SMILES string of the molecule is CCCN1CCCC2(CC1)C[C@H](O)c1cc(F)ccc1O2. The molecule has 1 aromatic rings. The van der Waals surface area contributed by atoms with Crippen LogP contribution < -0.4 is 4.74 Å². The number of fused-ring (bicyclic) bond motifs is 1. The molecule has 0 aromatic heterocycles. The van der Waals surface area contributed by atoms with E-state index in [0.29, 0.717) is 17.7 Å². The van der Waals surface area contributed by atoms with Gasteiger partial charge in [0, 0.05) is 18.5 Å². The number of hydrogen-bond acceptors (Lipinski definition) is 3. The molecule has 2 atom stereocenters. The highest BCUT2D eigenvalue weighted by atomic mass is 19.1. The topological polar surface area (TPSA) is 32.7 Å². The highest BCUT2D eigenvalue weighted by molar-refractivity contribution is 5.38. The highest BCUT2D eigenvalue weighted by Crippen LogP contribution is 2.44. The van der Waals surface area contributed by atoms with E-state index in [4.69, 9.17) is 4.74 Å². The fourth-order valence-corrected chi connectivity index (χ4v) is 3.68. The van der Waals surface area contributed by atoms with Crippen LogP contribution in [0, 0.1) is 5.82 Å². The van der Waals surface area contributed by atoms with Gasteiger partial charge in [-0.3, -0.25) is 0 Å². The molecule has 1 saturated heterocycles. The van der Waals surface area contributed by atoms with E-state index in [-0.39, 0.29) is 11.4 Å². The summed E-state index contributed by atoms with van der Waals surface area (Å²) in [6, 6.07) is 4.46. The smallest absolute Gasteiger partial charge is 0.126 e. The van der Waals surface area contributed by atoms with E-state index in [2.05, 4.69) is 11.8 Å². The fraction of sp³-hybridized carbons (Fsp3) is 0.647. The van der Waals surface area contributed by atoms with Crippen molar-refractivity contribution < 1.29 is 14.2 Å². The van der Waals surface area contributed by atoms with Crippen molar-refractivity contribution in [3.8, 4) is 5.75 Å². The Morgan fingerprint density at radius 1 is 1.38 bits per heavy atom. The Hall–Kier alpha value is -1.13. The number of nitrogens with zero attached hydrogens (tertiary/aromatic N) is 1. The van der Waals surface area contributed by atoms with Gasteiger partial charge in [-0.15, -0.1) is 0 Å². The van der Waals surface area contributed by atoms with Crippen molar-refractivity contribution in [3.05, 3.63) is 29.6 Å². The predicted octanol–water partition coefficient (Wildman–Crippen LogP) is 3.28. The van der Waals surface area contributed by atoms with Gasteiger partial charge >= 0.3 is 0 Å². The van der Waals surface area contributed by atoms with Gasteiger partial charge in [0.25, 0.3) is 0 Å². The number of halogens is 1. The molecule has 1 unspecified atom stereocenters. The van der Waals surface area contributed by atoms with Gasteiger partial charge in [-0.25, -0.2) is 4.39 Å². The van der Waals surface area contributed by atoms with Crippen molar-refractivity contribution in [2.45, 2.75) is 50.7 Å². The van der Waals surface area contributed by atoms with Gasteiger partial charge < -0.3 is 14.7 Å². The number of likely N-dealkylation sites (tertiary alicyclic amines) is 1. The van der Waals surface area contributed by atoms with Gasteiger partial charge in [0.2, 0.25) is 0 Å². The summed E-state index contributed by atoms with van der Waals surface area (Å²) in [6.07, 6.45) is 4.09. The number of hydrogen-bond donors (Lipinski definition) is 1. The molecule has 4 heteroatoms. The third-order valence-corrected chi connectivity index (χ3v) is 4.75. The van der Waals surface area contributed by atoms with Crippen molar-refractivity contribution in [1.29, 1.82) is 0 Å². The molecule has 116 valence electrons. The van der Waals surface area contributed by atoms with E-state index < -0.39 is 6.10 Å². The minimum absolute atomic E-state index is 0.285. The second-order valence-electron chi connectivity index (χ2n) is 6.38. The summed E-state index contributed by atoms with van der Waals surface area (Å²) in [4.78, 5) is 2.48. The van der Waals surface area contributed by atoms with E-state index in [1.54, 1.807) is 6.07 Å². The molecule has 3 nitrogen and oxygen atoms in total. The lowest BCUT2D eigenvalue weighted by Gasteiger charge is -2.40. The van der Waals surface area contributed by atoms with Crippen molar-refractivity contribution in [2.75, 3.05) is 19.6 Å². The lowest BCUT2D eigenvalue weighted by molar-refractivity contribution is -0.0241. The number of rotatable bonds is 2. The quantitative estimate of drug-likeness (QED) is 0.908. The van der Waals surface area contributed by atoms with Gasteiger partial charge in [0.05, 0.1) is 6.10 Å². The third-order valence-electron chi connectivity index (χ3n) is 4.75. The summed E-state index contributed by atoms with van der Waals surface area (Å²) in [5, 5.41) is 10.4. The van der Waals surface area contributed by atoms with E-state index in [1.807, 2.05) is 0 Å². The maximum absolute atomic E-state index is 13.3. The number of aliphatic hydroxyl groups is 1. The van der Waals surface area contributed by atoms with E-state index in [1.165, 1.54) is 18.6 Å². The van der Waals surface area contributed by atoms with Crippen LogP contribution >= 0.6 is 0 Å². The first kappa shape index (κ1) is 14.8. The zero-order valence-electron chi connectivity index (χ0n) is 12.6. The maximum atomic E-state index is 13.3. The number of ether oxygens (including phenoxy) is 1. The Balaban J connectivity index is 1.79. The average Bonchev–Trinajstić information content (AvgIpc) is 2.64. The van der Waals surface area contributed by atoms with Gasteiger partial charge in [-0.2, -0.15) is 0 Å². The molecule has 0 bridgehead atoms. The van der Waals surface area contributed by atoms with Crippen LogP contribution in [0.4, 0.5) is 4.39 Å². The van der Waals surface area contributed by atoms with E-state index in [9.17, 15) is 9.50 Å². The van der Waals surface area contributed by atoms with Crippen molar-refractivity contribution in [3.63, 3.8) is 0 Å². The first-order chi connectivity index (χ1) is 10.1. The largest absolute Gasteiger partial charge is 0.487 e. The molecule has 2 heterocycles. The van der Waals surface area contributed by atoms with Gasteiger partial charge in [0.1, 0.15) is 17.2 Å². The van der Waals surface area contributed by atoms with Crippen LogP contribution in [-0.4, -0.2) is 35.2 Å². The molecule has 3 rings (SSSR count). The van der Waals surface area contributed by atoms with Gasteiger partial charge in [-0.05, 0) is 57.0 Å². The standard InChI is InChI=1S/C17H24FNO2/c1-2-8-19-9-3-6-17(7-10-19)12-15(20)14-11-13(18)4-5-16(14)21-17/h4-5,11,15,20H,2-3,6-10,12H2,1H3/t15-,17?/m0/s1. The van der Waals surface area contributed by atoms with Crippen molar-refractivity contribution in [1.82, 2.24) is 4.90 Å². The van der Waals surface area contributed by atoms with Crippen molar-refractivity contribution in [2.24, 2.45) is 0 Å². The van der Waals surface area contributed by atoms with Crippen LogP contribution in [0.2, 0.25) is 0 Å². The third kappa shape index (κ3) is 3.06. The fourth-order valence-electron chi connectivity index (χ4n) is 3.68. The van der Waals surface area contributed by atoms with Crippen LogP contribution in [0.3, 0.4) is 0 Å². The van der Waals surface area contributed by atoms with Crippen LogP contribution in [0.15, 0.2) is 18.2 Å². The molecule has 0 saturated carbocycles. The lowest BCUT2D eigenvalue weighted by Crippen LogP contribution is -2.42. The number of benzene rings is 1. The average molecular weight is 293 g/mol. The van der Waals surface area contributed by atoms with Gasteiger partial charge in [0.15, 0.2) is 0 Å². The molecular weight excluding hydrogens is 269 g/mol. The maximum Gasteiger partial charge on any atom is 0.126 e. The summed E-state index contributed by atoms with van der Waals surface area (Å²) in [5.41, 5.74) is 0.308. The predicted molar refractivity (Wildman–Crippen MR) is 79.9 cm³/mol. The Morgan fingerprint density at radius 2 is 2.24 bits per heavy atom. The second kappa shape index (κ2) is 5.93. The molecular formula is C17H24FNO2. The molecule has 1 spiro atoms. The first-order valence-electron chi connectivity index (χ1n) is 8.01. The minimum Gasteiger partial charge on any atom is -0.487 e. The second-order valence-corrected chi connectivity index (χ2v) is 6.38. The molecule has 0 amide bonds. The van der Waals surface area contributed by atoms with Crippen LogP contribution in [0.5, 0.6) is 5.75 Å². The first-order valence-corrected chi connectivity index (χ1v) is 8.01. The van der Waals surface area contributed by atoms with E-state index >= 15 is 0 Å². The minimum atomic E-state index is -0.623. The number of aliphatic hydroxyl groups excluding tert-OH is 1. The molecule has 1 fully saturated rings. The Morgan fingerprint density at radius 3 is 3.05 bits per heavy atom. The summed E-state index contributed by atoms with van der Waals surface area (Å²) in [6.45, 7) is 5.44. The molecule has 2 aliphatic rings. The molecule has 0 radical (unpaired) electrons. The monoisotopic (exact) mass is 293 g/mol. The molecule has 1 aromatic carbocycles. The van der Waals surface area contributed by atoms with Crippen LogP contribution in [0.25, 0.3) is 0 Å². The highest BCUT2D eigenvalue weighted by Gasteiger charge is 2.41. The summed E-state index contributed by atoms with van der Waals surface area (Å²) < 4.78 is 19.6. The summed E-state index contributed by atoms with van der Waals surface area (Å²) >= 11 is 0. The Labute approximate surface area is 125 Å². The molecule has 0 aliphatic carbocycles. The van der Waals surface area contributed by atoms with Crippen molar-refractivity contribution >= 4 is 0 Å². The summed E-state index contributed by atoms with van der Waals surface area (Å²) in [7, 11) is 0. The Bertz CT molecular complexity index is 508. The lowest BCUT2D eigenvalue weighted by atomic mass is 9.83. The molecule has 2 aliphatic heterocycles. The Kier molecular flexibility index (Phi) is 4.18. The van der Waals surface area contributed by atoms with Crippen LogP contribution in [0.1, 0.15) is 50.7 Å². The van der Waals surface area contributed by atoms with Crippen LogP contribution in [-0.2, 0) is 0 Å². The normalized spacial score (nSPS) is 29.8. The van der Waals surface area contributed by atoms with Gasteiger partial charge in [-0.1, -0.05) is 6.92 Å².